The molecule has 0 fully saturated rings. The van der Waals surface area contributed by atoms with Gasteiger partial charge in [0, 0.05) is 0 Å². The Morgan fingerprint density at radius 2 is 1.60 bits per heavy atom. The van der Waals surface area contributed by atoms with E-state index >= 15 is 0 Å². The van der Waals surface area contributed by atoms with Gasteiger partial charge in [0.1, 0.15) is 0 Å². The average molecular weight is 191 g/mol. The van der Waals surface area contributed by atoms with Gasteiger partial charge >= 0.3 is 0 Å². The number of fused-ring (bicyclic) bond motifs is 2. The van der Waals surface area contributed by atoms with Crippen LogP contribution in [0.2, 0.25) is 0 Å². The van der Waals surface area contributed by atoms with E-state index in [4.69, 9.17) is 0 Å². The minimum atomic E-state index is 1.19. The van der Waals surface area contributed by atoms with Gasteiger partial charge in [-0.1, -0.05) is 48.0 Å². The van der Waals surface area contributed by atoms with Gasteiger partial charge in [-0.3, -0.25) is 0 Å². The maximum absolute atomic E-state index is 3.45. The third kappa shape index (κ3) is 1.39. The number of benzene rings is 3. The molecule has 0 aromatic heterocycles. The van der Waals surface area contributed by atoms with Crippen molar-refractivity contribution in [1.82, 2.24) is 0 Å². The second-order valence-corrected chi connectivity index (χ2v) is 3.95. The topological polar surface area (TPSA) is 0 Å². The zero-order valence-electron chi connectivity index (χ0n) is 8.62. The molecule has 0 saturated carbocycles. The molecular formula is C15H11. The van der Waals surface area contributed by atoms with Gasteiger partial charge < -0.3 is 0 Å². The predicted octanol–water partition coefficient (Wildman–Crippen LogP) is 4.10. The van der Waals surface area contributed by atoms with Crippen LogP contribution in [0.4, 0.5) is 0 Å². The van der Waals surface area contributed by atoms with Crippen LogP contribution < -0.4 is 0 Å². The molecule has 0 atom stereocenters. The summed E-state index contributed by atoms with van der Waals surface area (Å²) in [7, 11) is 0. The standard InChI is InChI=1S/C15H11/c1-11-6-7-14-9-12-4-2-3-5-13(12)10-15(14)8-11/h2-9H,1H3. The molecule has 0 bridgehead atoms. The molecule has 15 heavy (non-hydrogen) atoms. The van der Waals surface area contributed by atoms with Crippen molar-refractivity contribution in [3.63, 3.8) is 0 Å². The zero-order chi connectivity index (χ0) is 10.3. The molecule has 1 radical (unpaired) electrons. The summed E-state index contributed by atoms with van der Waals surface area (Å²) >= 11 is 0. The van der Waals surface area contributed by atoms with E-state index in [0.717, 1.165) is 0 Å². The highest BCUT2D eigenvalue weighted by Crippen LogP contribution is 2.22. The summed E-state index contributed by atoms with van der Waals surface area (Å²) in [6.07, 6.45) is 0. The van der Waals surface area contributed by atoms with E-state index in [1.54, 1.807) is 0 Å². The van der Waals surface area contributed by atoms with Crippen molar-refractivity contribution in [3.8, 4) is 0 Å². The summed E-state index contributed by atoms with van der Waals surface area (Å²) < 4.78 is 0. The van der Waals surface area contributed by atoms with Crippen LogP contribution in [0.25, 0.3) is 21.5 Å². The van der Waals surface area contributed by atoms with Crippen LogP contribution in [-0.4, -0.2) is 0 Å². The van der Waals surface area contributed by atoms with Crippen LogP contribution in [0.15, 0.2) is 48.5 Å². The van der Waals surface area contributed by atoms with Gasteiger partial charge in [-0.25, -0.2) is 0 Å². The molecule has 0 aliphatic rings. The number of hydrogen-bond acceptors (Lipinski definition) is 0. The molecule has 0 spiro atoms. The molecule has 0 aliphatic heterocycles. The molecule has 0 nitrogen and oxygen atoms in total. The van der Waals surface area contributed by atoms with E-state index in [9.17, 15) is 0 Å². The van der Waals surface area contributed by atoms with Crippen LogP contribution >= 0.6 is 0 Å². The fourth-order valence-electron chi connectivity index (χ4n) is 1.95. The van der Waals surface area contributed by atoms with Gasteiger partial charge in [-0.2, -0.15) is 0 Å². The maximum atomic E-state index is 3.45. The van der Waals surface area contributed by atoms with Crippen molar-refractivity contribution in [2.45, 2.75) is 6.92 Å². The van der Waals surface area contributed by atoms with Crippen molar-refractivity contribution >= 4 is 21.5 Å². The molecule has 0 N–H and O–H groups in total. The van der Waals surface area contributed by atoms with Crippen molar-refractivity contribution < 1.29 is 0 Å². The molecule has 71 valence electrons. The molecule has 0 heterocycles. The highest BCUT2D eigenvalue weighted by Gasteiger charge is 1.97. The smallest absolute Gasteiger partial charge is 0.00142 e. The molecule has 0 unspecified atom stereocenters. The van der Waals surface area contributed by atoms with Crippen molar-refractivity contribution in [1.29, 1.82) is 0 Å². The van der Waals surface area contributed by atoms with Crippen molar-refractivity contribution in [2.24, 2.45) is 0 Å². The third-order valence-corrected chi connectivity index (χ3v) is 2.75. The molecule has 0 amide bonds. The minimum absolute atomic E-state index is 1.19. The molecule has 0 saturated heterocycles. The van der Waals surface area contributed by atoms with E-state index in [1.807, 2.05) is 0 Å². The van der Waals surface area contributed by atoms with Gasteiger partial charge in [0.05, 0.1) is 0 Å². The van der Waals surface area contributed by atoms with Gasteiger partial charge in [-0.15, -0.1) is 0 Å². The highest BCUT2D eigenvalue weighted by molar-refractivity contribution is 5.97. The lowest BCUT2D eigenvalue weighted by molar-refractivity contribution is 1.51. The van der Waals surface area contributed by atoms with E-state index in [-0.39, 0.29) is 0 Å². The van der Waals surface area contributed by atoms with Crippen LogP contribution in [0.5, 0.6) is 0 Å². The molecular weight excluding hydrogens is 180 g/mol. The highest BCUT2D eigenvalue weighted by atomic mass is 14.0. The number of hydrogen-bond donors (Lipinski definition) is 0. The summed E-state index contributed by atoms with van der Waals surface area (Å²) in [5.74, 6) is 0. The summed E-state index contributed by atoms with van der Waals surface area (Å²) in [5.41, 5.74) is 1.29. The second-order valence-electron chi connectivity index (χ2n) is 3.95. The van der Waals surface area contributed by atoms with Gasteiger partial charge in [0.2, 0.25) is 0 Å². The Kier molecular flexibility index (Phi) is 1.75. The first kappa shape index (κ1) is 8.49. The third-order valence-electron chi connectivity index (χ3n) is 2.75. The van der Waals surface area contributed by atoms with E-state index < -0.39 is 0 Å². The summed E-state index contributed by atoms with van der Waals surface area (Å²) in [6.45, 7) is 2.11. The van der Waals surface area contributed by atoms with E-state index in [2.05, 4.69) is 61.5 Å². The van der Waals surface area contributed by atoms with E-state index in [0.29, 0.717) is 0 Å². The molecule has 0 aliphatic carbocycles. The Hall–Kier alpha value is -1.82. The Labute approximate surface area is 89.2 Å². The first-order valence-electron chi connectivity index (χ1n) is 5.14. The second kappa shape index (κ2) is 3.09. The monoisotopic (exact) mass is 191 g/mol. The number of rotatable bonds is 0. The van der Waals surface area contributed by atoms with Crippen LogP contribution in [-0.2, 0) is 0 Å². The Morgan fingerprint density at radius 1 is 0.800 bits per heavy atom. The lowest BCUT2D eigenvalue weighted by Gasteiger charge is -2.02. The fraction of sp³-hybridized carbons (Fsp3) is 0.0667. The van der Waals surface area contributed by atoms with Gasteiger partial charge in [-0.05, 0) is 40.6 Å². The summed E-state index contributed by atoms with van der Waals surface area (Å²) in [6, 6.07) is 20.5. The zero-order valence-corrected chi connectivity index (χ0v) is 8.62. The summed E-state index contributed by atoms with van der Waals surface area (Å²) in [4.78, 5) is 0. The lowest BCUT2D eigenvalue weighted by Crippen LogP contribution is -1.78. The largest absolute Gasteiger partial charge is 0.0616 e. The SMILES string of the molecule is Cc1ccc2cc3ccccc3[c]c2c1. The maximum Gasteiger partial charge on any atom is -0.00142 e. The van der Waals surface area contributed by atoms with Gasteiger partial charge in [0.15, 0.2) is 0 Å². The van der Waals surface area contributed by atoms with Crippen molar-refractivity contribution in [2.75, 3.05) is 0 Å². The lowest BCUT2D eigenvalue weighted by atomic mass is 10.0. The quantitative estimate of drug-likeness (QED) is 0.469. The first-order valence-corrected chi connectivity index (χ1v) is 5.14. The average Bonchev–Trinajstić information content (AvgIpc) is 2.26. The summed E-state index contributed by atoms with van der Waals surface area (Å²) in [5, 5.41) is 4.91. The fourth-order valence-corrected chi connectivity index (χ4v) is 1.95. The first-order chi connectivity index (χ1) is 7.33. The Balaban J connectivity index is 2.47. The molecule has 3 aromatic rings. The van der Waals surface area contributed by atoms with Gasteiger partial charge in [0.25, 0.3) is 0 Å². The molecule has 3 aromatic carbocycles. The van der Waals surface area contributed by atoms with Crippen LogP contribution in [0.1, 0.15) is 5.56 Å². The Morgan fingerprint density at radius 3 is 2.53 bits per heavy atom. The predicted molar refractivity (Wildman–Crippen MR) is 65.0 cm³/mol. The normalized spacial score (nSPS) is 11.0. The van der Waals surface area contributed by atoms with Crippen LogP contribution in [0, 0.1) is 13.0 Å². The number of aryl methyl sites for hydroxylation is 1. The van der Waals surface area contributed by atoms with Crippen molar-refractivity contribution in [3.05, 3.63) is 60.2 Å². The Bertz CT molecular complexity index is 636. The minimum Gasteiger partial charge on any atom is -0.0616 e. The molecule has 0 heteroatoms. The van der Waals surface area contributed by atoms with E-state index in [1.165, 1.54) is 27.1 Å². The van der Waals surface area contributed by atoms with Crippen LogP contribution in [0.3, 0.4) is 0 Å². The molecule has 3 rings (SSSR count).